The minimum absolute atomic E-state index is 0.0113. The number of rotatable bonds is 7. The first kappa shape index (κ1) is 21.6. The van der Waals surface area contributed by atoms with E-state index in [4.69, 9.17) is 16.3 Å². The molecule has 1 aliphatic heterocycles. The van der Waals surface area contributed by atoms with Crippen LogP contribution in [0.5, 0.6) is 5.75 Å². The number of amides is 2. The summed E-state index contributed by atoms with van der Waals surface area (Å²) in [6.45, 7) is 1.22. The number of hydrogen-bond donors (Lipinski definition) is 0. The lowest BCUT2D eigenvalue weighted by molar-refractivity contribution is -0.142. The third kappa shape index (κ3) is 5.37. The molecule has 0 atom stereocenters. The zero-order valence-electron chi connectivity index (χ0n) is 17.3. The van der Waals surface area contributed by atoms with E-state index in [2.05, 4.69) is 0 Å². The quantitative estimate of drug-likeness (QED) is 0.640. The number of piperidine rings is 1. The van der Waals surface area contributed by atoms with Crippen molar-refractivity contribution in [2.24, 2.45) is 5.92 Å². The standard InChI is InChI=1S/C24H26ClFN2O3/c25-21-7-4-8-22(26)20(21)15-28(18-9-10-18)24(30)17-11-13-27(14-12-17)23(29)16-31-19-5-2-1-3-6-19/h1-8,17-18H,9-16H2. The number of likely N-dealkylation sites (tertiary alicyclic amines) is 1. The molecule has 2 fully saturated rings. The molecule has 0 aromatic heterocycles. The number of ether oxygens (including phenoxy) is 1. The second-order valence-electron chi connectivity index (χ2n) is 8.15. The molecule has 1 saturated heterocycles. The van der Waals surface area contributed by atoms with Gasteiger partial charge in [-0.05, 0) is 49.9 Å². The highest BCUT2D eigenvalue weighted by Gasteiger charge is 2.38. The summed E-state index contributed by atoms with van der Waals surface area (Å²) in [5, 5.41) is 0.345. The molecule has 7 heteroatoms. The summed E-state index contributed by atoms with van der Waals surface area (Å²) < 4.78 is 19.8. The van der Waals surface area contributed by atoms with Gasteiger partial charge in [-0.2, -0.15) is 0 Å². The number of halogens is 2. The average molecular weight is 445 g/mol. The van der Waals surface area contributed by atoms with E-state index in [0.717, 1.165) is 12.8 Å². The fourth-order valence-electron chi connectivity index (χ4n) is 3.99. The van der Waals surface area contributed by atoms with E-state index in [0.29, 0.717) is 42.3 Å². The zero-order chi connectivity index (χ0) is 21.8. The Bertz CT molecular complexity index is 907. The fourth-order valence-corrected chi connectivity index (χ4v) is 4.21. The summed E-state index contributed by atoms with van der Waals surface area (Å²) in [5.74, 6) is 0.0733. The maximum absolute atomic E-state index is 14.3. The van der Waals surface area contributed by atoms with Gasteiger partial charge >= 0.3 is 0 Å². The van der Waals surface area contributed by atoms with Crippen molar-refractivity contribution in [3.63, 3.8) is 0 Å². The molecule has 2 amide bonds. The lowest BCUT2D eigenvalue weighted by atomic mass is 9.94. The Morgan fingerprint density at radius 1 is 1.03 bits per heavy atom. The van der Waals surface area contributed by atoms with E-state index < -0.39 is 0 Å². The van der Waals surface area contributed by atoms with Crippen molar-refractivity contribution in [3.8, 4) is 5.75 Å². The van der Waals surface area contributed by atoms with Gasteiger partial charge in [-0.15, -0.1) is 0 Å². The smallest absolute Gasteiger partial charge is 0.260 e. The van der Waals surface area contributed by atoms with Crippen molar-refractivity contribution in [2.75, 3.05) is 19.7 Å². The largest absolute Gasteiger partial charge is 0.484 e. The predicted octanol–water partition coefficient (Wildman–Crippen LogP) is 4.29. The van der Waals surface area contributed by atoms with E-state index in [1.54, 1.807) is 21.9 Å². The number of hydrogen-bond acceptors (Lipinski definition) is 3. The SMILES string of the molecule is O=C(COc1ccccc1)N1CCC(C(=O)N(Cc2c(F)cccc2Cl)C2CC2)CC1. The third-order valence-corrected chi connectivity index (χ3v) is 6.32. The maximum atomic E-state index is 14.3. The first-order valence-electron chi connectivity index (χ1n) is 10.7. The molecule has 0 bridgehead atoms. The van der Waals surface area contributed by atoms with Crippen LogP contribution in [0, 0.1) is 11.7 Å². The van der Waals surface area contributed by atoms with Crippen molar-refractivity contribution < 1.29 is 18.7 Å². The summed E-state index contributed by atoms with van der Waals surface area (Å²) in [4.78, 5) is 29.2. The van der Waals surface area contributed by atoms with E-state index in [1.807, 2.05) is 30.3 Å². The van der Waals surface area contributed by atoms with E-state index in [1.165, 1.54) is 6.07 Å². The van der Waals surface area contributed by atoms with Gasteiger partial charge in [0.25, 0.3) is 5.91 Å². The topological polar surface area (TPSA) is 49.9 Å². The summed E-state index contributed by atoms with van der Waals surface area (Å²) >= 11 is 6.18. The van der Waals surface area contributed by atoms with E-state index >= 15 is 0 Å². The molecule has 0 radical (unpaired) electrons. The molecular formula is C24H26ClFN2O3. The van der Waals surface area contributed by atoms with Crippen LogP contribution in [0.1, 0.15) is 31.2 Å². The first-order valence-corrected chi connectivity index (χ1v) is 11.1. The van der Waals surface area contributed by atoms with E-state index in [9.17, 15) is 14.0 Å². The van der Waals surface area contributed by atoms with Crippen LogP contribution >= 0.6 is 11.6 Å². The fraction of sp³-hybridized carbons (Fsp3) is 0.417. The molecule has 2 aromatic carbocycles. The highest BCUT2D eigenvalue weighted by molar-refractivity contribution is 6.31. The number of nitrogens with zero attached hydrogens (tertiary/aromatic N) is 2. The third-order valence-electron chi connectivity index (χ3n) is 5.96. The number of carbonyl (C=O) groups excluding carboxylic acids is 2. The van der Waals surface area contributed by atoms with Gasteiger partial charge in [-0.25, -0.2) is 4.39 Å². The molecule has 5 nitrogen and oxygen atoms in total. The van der Waals surface area contributed by atoms with Crippen molar-refractivity contribution in [2.45, 2.75) is 38.3 Å². The minimum atomic E-state index is -0.384. The molecule has 164 valence electrons. The Kier molecular flexibility index (Phi) is 6.76. The van der Waals surface area contributed by atoms with Crippen LogP contribution < -0.4 is 4.74 Å². The molecule has 2 aliphatic rings. The lowest BCUT2D eigenvalue weighted by Gasteiger charge is -2.34. The normalized spacial score (nSPS) is 16.8. The molecule has 1 saturated carbocycles. The predicted molar refractivity (Wildman–Crippen MR) is 116 cm³/mol. The Labute approximate surface area is 186 Å². The Hall–Kier alpha value is -2.60. The van der Waals surface area contributed by atoms with Crippen molar-refractivity contribution in [3.05, 3.63) is 64.9 Å². The number of para-hydroxylation sites is 1. The molecule has 0 unspecified atom stereocenters. The maximum Gasteiger partial charge on any atom is 0.260 e. The Morgan fingerprint density at radius 2 is 1.74 bits per heavy atom. The molecule has 1 aliphatic carbocycles. The van der Waals surface area contributed by atoms with Gasteiger partial charge in [0.15, 0.2) is 6.61 Å². The number of carbonyl (C=O) groups is 2. The van der Waals surface area contributed by atoms with Gasteiger partial charge in [0.2, 0.25) is 5.91 Å². The van der Waals surface area contributed by atoms with Crippen LogP contribution in [-0.2, 0) is 16.1 Å². The second kappa shape index (κ2) is 9.69. The average Bonchev–Trinajstić information content (AvgIpc) is 3.63. The summed E-state index contributed by atoms with van der Waals surface area (Å²) in [6.07, 6.45) is 3.08. The lowest BCUT2D eigenvalue weighted by Crippen LogP contribution is -2.46. The monoisotopic (exact) mass is 444 g/mol. The zero-order valence-corrected chi connectivity index (χ0v) is 18.1. The molecule has 2 aromatic rings. The van der Waals surface area contributed by atoms with Crippen molar-refractivity contribution in [1.82, 2.24) is 9.80 Å². The van der Waals surface area contributed by atoms with E-state index in [-0.39, 0.29) is 42.7 Å². The number of benzene rings is 2. The van der Waals surface area contributed by atoms with Crippen LogP contribution in [0.25, 0.3) is 0 Å². The summed E-state index contributed by atoms with van der Waals surface area (Å²) in [7, 11) is 0. The van der Waals surface area contributed by atoms with Gasteiger partial charge < -0.3 is 14.5 Å². The van der Waals surface area contributed by atoms with Gasteiger partial charge in [0.05, 0.1) is 6.54 Å². The molecule has 31 heavy (non-hydrogen) atoms. The molecule has 1 heterocycles. The Balaban J connectivity index is 1.32. The van der Waals surface area contributed by atoms with Crippen molar-refractivity contribution >= 4 is 23.4 Å². The van der Waals surface area contributed by atoms with Gasteiger partial charge in [0, 0.05) is 35.6 Å². The first-order chi connectivity index (χ1) is 15.0. The van der Waals surface area contributed by atoms with Crippen LogP contribution in [0.4, 0.5) is 4.39 Å². The molecular weight excluding hydrogens is 419 g/mol. The van der Waals surface area contributed by atoms with Gasteiger partial charge in [0.1, 0.15) is 11.6 Å². The van der Waals surface area contributed by atoms with Crippen molar-refractivity contribution in [1.29, 1.82) is 0 Å². The Morgan fingerprint density at radius 3 is 2.39 bits per heavy atom. The molecule has 4 rings (SSSR count). The highest BCUT2D eigenvalue weighted by atomic mass is 35.5. The van der Waals surface area contributed by atoms with Gasteiger partial charge in [-0.3, -0.25) is 9.59 Å². The van der Waals surface area contributed by atoms with Crippen LogP contribution in [0.15, 0.2) is 48.5 Å². The van der Waals surface area contributed by atoms with Crippen LogP contribution in [0.2, 0.25) is 5.02 Å². The summed E-state index contributed by atoms with van der Waals surface area (Å²) in [6, 6.07) is 14.0. The minimum Gasteiger partial charge on any atom is -0.484 e. The molecule has 0 spiro atoms. The van der Waals surface area contributed by atoms with Crippen LogP contribution in [0.3, 0.4) is 0 Å². The second-order valence-corrected chi connectivity index (χ2v) is 8.56. The molecule has 0 N–H and O–H groups in total. The summed E-state index contributed by atoms with van der Waals surface area (Å²) in [5.41, 5.74) is 0.370. The highest BCUT2D eigenvalue weighted by Crippen LogP contribution is 2.33. The van der Waals surface area contributed by atoms with Crippen LogP contribution in [-0.4, -0.2) is 47.4 Å². The van der Waals surface area contributed by atoms with Gasteiger partial charge in [-0.1, -0.05) is 35.9 Å².